The SMILES string of the molecule is COC(=O)c1ccc(C(=O)CCC(=O)c2cc3c(C)c(C)cc(C)c3o2)cc1. The molecule has 0 radical (unpaired) electrons. The number of ketones is 2. The van der Waals surface area contributed by atoms with Crippen molar-refractivity contribution in [3.8, 4) is 0 Å². The van der Waals surface area contributed by atoms with Crippen LogP contribution in [0.2, 0.25) is 0 Å². The fraction of sp³-hybridized carbons (Fsp3) is 0.261. The third-order valence-electron chi connectivity index (χ3n) is 5.00. The number of rotatable bonds is 6. The molecule has 1 heterocycles. The molecule has 0 atom stereocenters. The second-order valence-electron chi connectivity index (χ2n) is 6.90. The Bertz CT molecular complexity index is 1070. The van der Waals surface area contributed by atoms with Gasteiger partial charge in [0.2, 0.25) is 0 Å². The monoisotopic (exact) mass is 378 g/mol. The molecule has 0 aliphatic heterocycles. The van der Waals surface area contributed by atoms with Crippen LogP contribution in [0.25, 0.3) is 11.0 Å². The number of hydrogen-bond donors (Lipinski definition) is 0. The van der Waals surface area contributed by atoms with Crippen molar-refractivity contribution >= 4 is 28.5 Å². The third kappa shape index (κ3) is 3.74. The number of benzene rings is 2. The molecule has 0 N–H and O–H groups in total. The Labute approximate surface area is 163 Å². The van der Waals surface area contributed by atoms with Gasteiger partial charge in [-0.15, -0.1) is 0 Å². The summed E-state index contributed by atoms with van der Waals surface area (Å²) in [5.41, 5.74) is 4.77. The molecule has 2 aromatic carbocycles. The highest BCUT2D eigenvalue weighted by molar-refractivity contribution is 6.03. The van der Waals surface area contributed by atoms with Gasteiger partial charge in [0.05, 0.1) is 12.7 Å². The van der Waals surface area contributed by atoms with Gasteiger partial charge in [-0.25, -0.2) is 4.79 Å². The zero-order valence-electron chi connectivity index (χ0n) is 16.4. The lowest BCUT2D eigenvalue weighted by atomic mass is 10.0. The van der Waals surface area contributed by atoms with Gasteiger partial charge in [0, 0.05) is 23.8 Å². The standard InChI is InChI=1S/C23H22O5/c1-13-11-14(2)22-18(15(13)3)12-21(28-22)20(25)10-9-19(24)16-5-7-17(8-6-16)23(26)27-4/h5-8,11-12H,9-10H2,1-4H3. The number of Topliss-reactive ketones (excluding diaryl/α,β-unsaturated/α-hetero) is 2. The van der Waals surface area contributed by atoms with Crippen LogP contribution in [-0.2, 0) is 4.74 Å². The normalized spacial score (nSPS) is 10.9. The van der Waals surface area contributed by atoms with Crippen LogP contribution in [0.5, 0.6) is 0 Å². The van der Waals surface area contributed by atoms with Crippen LogP contribution in [0, 0.1) is 20.8 Å². The predicted molar refractivity (Wildman–Crippen MR) is 106 cm³/mol. The van der Waals surface area contributed by atoms with E-state index in [4.69, 9.17) is 4.42 Å². The summed E-state index contributed by atoms with van der Waals surface area (Å²) in [7, 11) is 1.30. The number of methoxy groups -OCH3 is 1. The zero-order valence-corrected chi connectivity index (χ0v) is 16.4. The van der Waals surface area contributed by atoms with Gasteiger partial charge in [-0.3, -0.25) is 9.59 Å². The molecule has 3 aromatic rings. The van der Waals surface area contributed by atoms with Crippen LogP contribution < -0.4 is 0 Å². The number of hydrogen-bond acceptors (Lipinski definition) is 5. The summed E-state index contributed by atoms with van der Waals surface area (Å²) in [6, 6.07) is 10.0. The lowest BCUT2D eigenvalue weighted by Gasteiger charge is -2.03. The largest absolute Gasteiger partial charge is 0.465 e. The second-order valence-corrected chi connectivity index (χ2v) is 6.90. The molecule has 0 saturated carbocycles. The van der Waals surface area contributed by atoms with Crippen molar-refractivity contribution in [2.24, 2.45) is 0 Å². The summed E-state index contributed by atoms with van der Waals surface area (Å²) in [5.74, 6) is -0.545. The van der Waals surface area contributed by atoms with Crippen molar-refractivity contribution in [1.82, 2.24) is 0 Å². The van der Waals surface area contributed by atoms with Crippen molar-refractivity contribution in [2.45, 2.75) is 33.6 Å². The molecule has 0 unspecified atom stereocenters. The minimum atomic E-state index is -0.458. The van der Waals surface area contributed by atoms with Gasteiger partial charge < -0.3 is 9.15 Å². The quantitative estimate of drug-likeness (QED) is 0.446. The van der Waals surface area contributed by atoms with E-state index in [9.17, 15) is 14.4 Å². The summed E-state index contributed by atoms with van der Waals surface area (Å²) < 4.78 is 10.4. The minimum Gasteiger partial charge on any atom is -0.465 e. The Morgan fingerprint density at radius 3 is 2.11 bits per heavy atom. The smallest absolute Gasteiger partial charge is 0.337 e. The van der Waals surface area contributed by atoms with Crippen LogP contribution in [-0.4, -0.2) is 24.6 Å². The zero-order chi connectivity index (χ0) is 20.4. The Morgan fingerprint density at radius 2 is 1.46 bits per heavy atom. The van der Waals surface area contributed by atoms with Crippen molar-refractivity contribution in [3.63, 3.8) is 0 Å². The highest BCUT2D eigenvalue weighted by atomic mass is 16.5. The first-order chi connectivity index (χ1) is 13.3. The van der Waals surface area contributed by atoms with Crippen LogP contribution in [0.1, 0.15) is 60.8 Å². The van der Waals surface area contributed by atoms with Gasteiger partial charge in [-0.1, -0.05) is 18.2 Å². The molecule has 5 nitrogen and oxygen atoms in total. The summed E-state index contributed by atoms with van der Waals surface area (Å²) in [6.07, 6.45) is 0.138. The Morgan fingerprint density at radius 1 is 0.857 bits per heavy atom. The molecule has 0 aliphatic rings. The molecule has 0 aliphatic carbocycles. The van der Waals surface area contributed by atoms with Crippen molar-refractivity contribution in [1.29, 1.82) is 0 Å². The number of esters is 1. The molecule has 0 saturated heterocycles. The maximum atomic E-state index is 12.5. The van der Waals surface area contributed by atoms with Gasteiger partial charge >= 0.3 is 5.97 Å². The maximum Gasteiger partial charge on any atom is 0.337 e. The van der Waals surface area contributed by atoms with E-state index in [2.05, 4.69) is 4.74 Å². The molecular formula is C23H22O5. The van der Waals surface area contributed by atoms with Gasteiger partial charge in [0.1, 0.15) is 5.58 Å². The highest BCUT2D eigenvalue weighted by Crippen LogP contribution is 2.29. The molecule has 0 bridgehead atoms. The number of aryl methyl sites for hydroxylation is 3. The van der Waals surface area contributed by atoms with Crippen LogP contribution in [0.4, 0.5) is 0 Å². The number of ether oxygens (including phenoxy) is 1. The van der Waals surface area contributed by atoms with Crippen molar-refractivity contribution in [3.05, 3.63) is 70.0 Å². The minimum absolute atomic E-state index is 0.0640. The lowest BCUT2D eigenvalue weighted by Crippen LogP contribution is -2.06. The van der Waals surface area contributed by atoms with Gasteiger partial charge in [0.25, 0.3) is 0 Å². The average molecular weight is 378 g/mol. The first-order valence-electron chi connectivity index (χ1n) is 9.07. The first kappa shape index (κ1) is 19.5. The predicted octanol–water partition coefficient (Wildman–Crippen LogP) is 4.99. The van der Waals surface area contributed by atoms with Gasteiger partial charge in [0.15, 0.2) is 17.3 Å². The van der Waals surface area contributed by atoms with Crippen LogP contribution >= 0.6 is 0 Å². The van der Waals surface area contributed by atoms with Gasteiger partial charge in [-0.05, 0) is 55.7 Å². The van der Waals surface area contributed by atoms with Crippen LogP contribution in [0.3, 0.4) is 0 Å². The number of fused-ring (bicyclic) bond motifs is 1. The van der Waals surface area contributed by atoms with E-state index in [1.807, 2.05) is 26.8 Å². The number of furan rings is 1. The van der Waals surface area contributed by atoms with Crippen LogP contribution in [0.15, 0.2) is 40.8 Å². The highest BCUT2D eigenvalue weighted by Gasteiger charge is 2.18. The molecule has 3 rings (SSSR count). The van der Waals surface area contributed by atoms with E-state index >= 15 is 0 Å². The summed E-state index contributed by atoms with van der Waals surface area (Å²) in [5, 5.41) is 0.936. The first-order valence-corrected chi connectivity index (χ1v) is 9.07. The summed E-state index contributed by atoms with van der Waals surface area (Å²) >= 11 is 0. The van der Waals surface area contributed by atoms with E-state index in [0.29, 0.717) is 11.1 Å². The molecule has 0 spiro atoms. The fourth-order valence-corrected chi connectivity index (χ4v) is 3.22. The lowest BCUT2D eigenvalue weighted by molar-refractivity contribution is 0.0600. The summed E-state index contributed by atoms with van der Waals surface area (Å²) in [4.78, 5) is 36.3. The van der Waals surface area contributed by atoms with Gasteiger partial charge in [-0.2, -0.15) is 0 Å². The maximum absolute atomic E-state index is 12.5. The summed E-state index contributed by atoms with van der Waals surface area (Å²) in [6.45, 7) is 5.98. The van der Waals surface area contributed by atoms with E-state index in [1.54, 1.807) is 18.2 Å². The Balaban J connectivity index is 1.71. The van der Waals surface area contributed by atoms with E-state index in [-0.39, 0.29) is 30.2 Å². The average Bonchev–Trinajstić information content (AvgIpc) is 3.16. The topological polar surface area (TPSA) is 73.6 Å². The third-order valence-corrected chi connectivity index (χ3v) is 5.00. The number of carbonyl (C=O) groups is 3. The molecule has 0 fully saturated rings. The van der Waals surface area contributed by atoms with Crippen molar-refractivity contribution in [2.75, 3.05) is 7.11 Å². The van der Waals surface area contributed by atoms with Crippen molar-refractivity contribution < 1.29 is 23.5 Å². The molecule has 144 valence electrons. The number of carbonyl (C=O) groups excluding carboxylic acids is 3. The molecule has 1 aromatic heterocycles. The molecule has 5 heteroatoms. The van der Waals surface area contributed by atoms with E-state index < -0.39 is 5.97 Å². The molecule has 28 heavy (non-hydrogen) atoms. The molecular weight excluding hydrogens is 356 g/mol. The Kier molecular flexibility index (Phi) is 5.45. The van der Waals surface area contributed by atoms with E-state index in [0.717, 1.165) is 27.7 Å². The fourth-order valence-electron chi connectivity index (χ4n) is 3.22. The van der Waals surface area contributed by atoms with E-state index in [1.165, 1.54) is 19.2 Å². The molecule has 0 amide bonds. The second kappa shape index (κ2) is 7.80. The Hall–Kier alpha value is -3.21.